The Bertz CT molecular complexity index is 675. The number of benzene rings is 1. The summed E-state index contributed by atoms with van der Waals surface area (Å²) in [4.78, 5) is 12.8. The van der Waals surface area contributed by atoms with Crippen LogP contribution in [-0.2, 0) is 10.0 Å². The van der Waals surface area contributed by atoms with Crippen molar-refractivity contribution in [1.29, 1.82) is 0 Å². The van der Waals surface area contributed by atoms with Crippen molar-refractivity contribution < 1.29 is 13.3 Å². The Balaban J connectivity index is 2.11. The molecule has 0 bridgehead atoms. The third kappa shape index (κ3) is 4.90. The van der Waals surface area contributed by atoms with Crippen LogP contribution in [0, 0.1) is 17.0 Å². The molecule has 2 rings (SSSR count). The molecule has 1 heterocycles. The fourth-order valence-corrected chi connectivity index (χ4v) is 3.56. The highest BCUT2D eigenvalue weighted by Crippen LogP contribution is 2.30. The van der Waals surface area contributed by atoms with E-state index in [-0.39, 0.29) is 16.7 Å². The first-order chi connectivity index (χ1) is 10.8. The third-order valence-corrected chi connectivity index (χ3v) is 4.91. The smallest absolute Gasteiger partial charge is 0.272 e. The first kappa shape index (κ1) is 17.7. The molecule has 128 valence electrons. The topological polar surface area (TPSA) is 92.6 Å². The number of rotatable bonds is 6. The van der Waals surface area contributed by atoms with Crippen LogP contribution in [0.5, 0.6) is 0 Å². The highest BCUT2D eigenvalue weighted by atomic mass is 32.2. The number of nitrogens with zero attached hydrogens (tertiary/aromatic N) is 2. The molecule has 1 N–H and O–H groups in total. The fourth-order valence-electron chi connectivity index (χ4n) is 3.07. The van der Waals surface area contributed by atoms with Crippen molar-refractivity contribution in [3.63, 3.8) is 0 Å². The number of nitro groups is 1. The summed E-state index contributed by atoms with van der Waals surface area (Å²) in [5.41, 5.74) is 1.74. The van der Waals surface area contributed by atoms with Crippen molar-refractivity contribution in [1.82, 2.24) is 4.72 Å². The maximum absolute atomic E-state index is 11.2. The average Bonchev–Trinajstić information content (AvgIpc) is 2.46. The minimum absolute atomic E-state index is 0.126. The average molecular weight is 341 g/mol. The largest absolute Gasteiger partial charge is 0.368 e. The molecule has 0 saturated carbocycles. The summed E-state index contributed by atoms with van der Waals surface area (Å²) >= 11 is 0. The summed E-state index contributed by atoms with van der Waals surface area (Å²) in [5, 5.41) is 10.9. The van der Waals surface area contributed by atoms with E-state index >= 15 is 0 Å². The molecule has 1 aliphatic heterocycles. The molecule has 1 fully saturated rings. The molecule has 1 unspecified atom stereocenters. The van der Waals surface area contributed by atoms with E-state index in [1.54, 1.807) is 19.1 Å². The van der Waals surface area contributed by atoms with Gasteiger partial charge < -0.3 is 4.90 Å². The van der Waals surface area contributed by atoms with E-state index in [1.165, 1.54) is 0 Å². The SMILES string of the molecule is Cc1cc(N2CCCCC2CCNS(C)(=O)=O)ccc1[N+](=O)[O-]. The Morgan fingerprint density at radius 3 is 2.74 bits per heavy atom. The van der Waals surface area contributed by atoms with Gasteiger partial charge in [0, 0.05) is 36.4 Å². The van der Waals surface area contributed by atoms with Crippen LogP contribution in [0.15, 0.2) is 18.2 Å². The van der Waals surface area contributed by atoms with E-state index in [0.29, 0.717) is 12.1 Å². The minimum Gasteiger partial charge on any atom is -0.368 e. The van der Waals surface area contributed by atoms with E-state index in [4.69, 9.17) is 0 Å². The van der Waals surface area contributed by atoms with Gasteiger partial charge in [-0.05, 0) is 44.7 Å². The zero-order valence-corrected chi connectivity index (χ0v) is 14.3. The second-order valence-electron chi connectivity index (χ2n) is 6.03. The number of hydrogen-bond donors (Lipinski definition) is 1. The number of hydrogen-bond acceptors (Lipinski definition) is 5. The summed E-state index contributed by atoms with van der Waals surface area (Å²) in [7, 11) is -3.17. The molecule has 1 saturated heterocycles. The molecule has 23 heavy (non-hydrogen) atoms. The maximum atomic E-state index is 11.2. The van der Waals surface area contributed by atoms with Crippen molar-refractivity contribution in [3.8, 4) is 0 Å². The summed E-state index contributed by atoms with van der Waals surface area (Å²) in [6, 6.07) is 5.43. The minimum atomic E-state index is -3.17. The number of nitrogens with one attached hydrogen (secondary N) is 1. The van der Waals surface area contributed by atoms with E-state index in [0.717, 1.165) is 44.2 Å². The van der Waals surface area contributed by atoms with Gasteiger partial charge in [-0.15, -0.1) is 0 Å². The fraction of sp³-hybridized carbons (Fsp3) is 0.600. The van der Waals surface area contributed by atoms with Gasteiger partial charge in [0.1, 0.15) is 0 Å². The lowest BCUT2D eigenvalue weighted by atomic mass is 9.98. The molecule has 1 aromatic rings. The normalized spacial score (nSPS) is 18.9. The van der Waals surface area contributed by atoms with Crippen LogP contribution in [0.3, 0.4) is 0 Å². The summed E-state index contributed by atoms with van der Waals surface area (Å²) < 4.78 is 24.9. The summed E-state index contributed by atoms with van der Waals surface area (Å²) in [5.74, 6) is 0. The Morgan fingerprint density at radius 2 is 2.13 bits per heavy atom. The molecule has 1 aliphatic rings. The molecule has 0 aromatic heterocycles. The van der Waals surface area contributed by atoms with Gasteiger partial charge in [-0.1, -0.05) is 0 Å². The predicted molar refractivity (Wildman–Crippen MR) is 90.3 cm³/mol. The second-order valence-corrected chi connectivity index (χ2v) is 7.86. The Kier molecular flexibility index (Phi) is 5.59. The first-order valence-electron chi connectivity index (χ1n) is 7.74. The zero-order valence-electron chi connectivity index (χ0n) is 13.5. The van der Waals surface area contributed by atoms with Crippen LogP contribution in [-0.4, -0.2) is 38.7 Å². The highest BCUT2D eigenvalue weighted by Gasteiger charge is 2.24. The number of nitro benzene ring substituents is 1. The van der Waals surface area contributed by atoms with Crippen LogP contribution in [0.4, 0.5) is 11.4 Å². The van der Waals surface area contributed by atoms with Crippen molar-refractivity contribution >= 4 is 21.4 Å². The number of piperidine rings is 1. The maximum Gasteiger partial charge on any atom is 0.272 e. The highest BCUT2D eigenvalue weighted by molar-refractivity contribution is 7.88. The van der Waals surface area contributed by atoms with Crippen molar-refractivity contribution in [3.05, 3.63) is 33.9 Å². The molecule has 0 spiro atoms. The van der Waals surface area contributed by atoms with Gasteiger partial charge in [0.2, 0.25) is 10.0 Å². The number of anilines is 1. The van der Waals surface area contributed by atoms with Crippen LogP contribution in [0.1, 0.15) is 31.2 Å². The lowest BCUT2D eigenvalue weighted by molar-refractivity contribution is -0.385. The Morgan fingerprint density at radius 1 is 1.39 bits per heavy atom. The molecule has 0 aliphatic carbocycles. The number of aryl methyl sites for hydroxylation is 1. The van der Waals surface area contributed by atoms with Gasteiger partial charge in [0.05, 0.1) is 11.2 Å². The van der Waals surface area contributed by atoms with Gasteiger partial charge in [-0.2, -0.15) is 0 Å². The van der Waals surface area contributed by atoms with Crippen LogP contribution >= 0.6 is 0 Å². The van der Waals surface area contributed by atoms with Crippen LogP contribution in [0.25, 0.3) is 0 Å². The molecule has 1 atom stereocenters. The standard InChI is InChI=1S/C15H23N3O4S/c1-12-11-14(6-7-15(12)18(19)20)17-10-4-3-5-13(17)8-9-16-23(2,21)22/h6-7,11,13,16H,3-5,8-10H2,1-2H3. The van der Waals surface area contributed by atoms with Crippen molar-refractivity contribution in [2.45, 2.75) is 38.6 Å². The molecule has 8 heteroatoms. The molecule has 0 radical (unpaired) electrons. The second kappa shape index (κ2) is 7.27. The quantitative estimate of drug-likeness (QED) is 0.632. The van der Waals surface area contributed by atoms with Crippen LogP contribution < -0.4 is 9.62 Å². The van der Waals surface area contributed by atoms with Gasteiger partial charge >= 0.3 is 0 Å². The van der Waals surface area contributed by atoms with Crippen LogP contribution in [0.2, 0.25) is 0 Å². The molecule has 1 aromatic carbocycles. The van der Waals surface area contributed by atoms with Gasteiger partial charge in [0.15, 0.2) is 0 Å². The van der Waals surface area contributed by atoms with E-state index in [2.05, 4.69) is 9.62 Å². The van der Waals surface area contributed by atoms with Crippen molar-refractivity contribution in [2.24, 2.45) is 0 Å². The van der Waals surface area contributed by atoms with Gasteiger partial charge in [0.25, 0.3) is 5.69 Å². The Labute approximate surface area is 136 Å². The first-order valence-corrected chi connectivity index (χ1v) is 9.63. The molecule has 0 amide bonds. The van der Waals surface area contributed by atoms with E-state index in [1.807, 2.05) is 6.07 Å². The predicted octanol–water partition coefficient (Wildman–Crippen LogP) is 2.20. The monoisotopic (exact) mass is 341 g/mol. The lowest BCUT2D eigenvalue weighted by Crippen LogP contribution is -2.41. The summed E-state index contributed by atoms with van der Waals surface area (Å²) in [6.07, 6.45) is 5.08. The zero-order chi connectivity index (χ0) is 17.0. The summed E-state index contributed by atoms with van der Waals surface area (Å²) in [6.45, 7) is 3.04. The van der Waals surface area contributed by atoms with Crippen molar-refractivity contribution in [2.75, 3.05) is 24.2 Å². The molecular formula is C15H23N3O4S. The van der Waals surface area contributed by atoms with E-state index in [9.17, 15) is 18.5 Å². The van der Waals surface area contributed by atoms with Gasteiger partial charge in [-0.25, -0.2) is 13.1 Å². The molecule has 7 nitrogen and oxygen atoms in total. The van der Waals surface area contributed by atoms with E-state index < -0.39 is 10.0 Å². The number of sulfonamides is 1. The Hall–Kier alpha value is -1.67. The van der Waals surface area contributed by atoms with Gasteiger partial charge in [-0.3, -0.25) is 10.1 Å². The molecular weight excluding hydrogens is 318 g/mol. The third-order valence-electron chi connectivity index (χ3n) is 4.18. The lowest BCUT2D eigenvalue weighted by Gasteiger charge is -2.38.